The number of ketones is 1. The Balaban J connectivity index is 1.58. The molecule has 1 aliphatic carbocycles. The summed E-state index contributed by atoms with van der Waals surface area (Å²) in [7, 11) is 0. The second-order valence-electron chi connectivity index (χ2n) is 9.46. The van der Waals surface area contributed by atoms with Crippen molar-refractivity contribution >= 4 is 34.7 Å². The van der Waals surface area contributed by atoms with Gasteiger partial charge in [-0.25, -0.2) is 4.79 Å². The van der Waals surface area contributed by atoms with Crippen molar-refractivity contribution in [2.24, 2.45) is 0 Å². The van der Waals surface area contributed by atoms with Crippen molar-refractivity contribution in [3.63, 3.8) is 0 Å². The van der Waals surface area contributed by atoms with Crippen molar-refractivity contribution in [3.05, 3.63) is 115 Å². The lowest BCUT2D eigenvalue weighted by Crippen LogP contribution is -2.29. The van der Waals surface area contributed by atoms with Gasteiger partial charge in [0.15, 0.2) is 17.3 Å². The third kappa shape index (κ3) is 5.16. The molecular formula is C31H27ClN2O7. The van der Waals surface area contributed by atoms with E-state index in [9.17, 15) is 19.7 Å². The summed E-state index contributed by atoms with van der Waals surface area (Å²) < 4.78 is 17.3. The largest absolute Gasteiger partial charge is 0.490 e. The van der Waals surface area contributed by atoms with E-state index < -0.39 is 16.8 Å². The number of hydrogen-bond acceptors (Lipinski definition) is 8. The third-order valence-corrected chi connectivity index (χ3v) is 7.22. The first-order valence-electron chi connectivity index (χ1n) is 13.1. The summed E-state index contributed by atoms with van der Waals surface area (Å²) in [5.41, 5.74) is 4.51. The quantitative estimate of drug-likeness (QED) is 0.178. The minimum Gasteiger partial charge on any atom is -0.490 e. The highest BCUT2D eigenvalue weighted by Gasteiger charge is 2.43. The van der Waals surface area contributed by atoms with E-state index >= 15 is 0 Å². The zero-order valence-electron chi connectivity index (χ0n) is 22.7. The van der Waals surface area contributed by atoms with E-state index in [2.05, 4.69) is 5.32 Å². The SMILES string of the molecule is CCOC(=O)C1=C(C)NC2=C(C(=O)c3ccccc32)[C@H]1c1cc(Cl)c(OCc2ccc([N+](=O)[O-])cc2)c(OCC)c1. The Kier molecular flexibility index (Phi) is 7.81. The molecule has 2 aliphatic rings. The fraction of sp³-hybridized carbons (Fsp3) is 0.226. The number of fused-ring (bicyclic) bond motifs is 2. The van der Waals surface area contributed by atoms with Gasteiger partial charge >= 0.3 is 5.97 Å². The van der Waals surface area contributed by atoms with Gasteiger partial charge in [-0.1, -0.05) is 35.9 Å². The molecule has 0 amide bonds. The van der Waals surface area contributed by atoms with Gasteiger partial charge in [0.05, 0.1) is 34.4 Å². The number of non-ortho nitro benzene ring substituents is 1. The molecular weight excluding hydrogens is 548 g/mol. The Morgan fingerprint density at radius 2 is 1.73 bits per heavy atom. The number of dihydropyridines is 1. The average molecular weight is 575 g/mol. The Hall–Kier alpha value is -4.63. The molecule has 0 radical (unpaired) electrons. The predicted octanol–water partition coefficient (Wildman–Crippen LogP) is 6.36. The molecule has 0 bridgehead atoms. The van der Waals surface area contributed by atoms with Crippen LogP contribution in [0, 0.1) is 10.1 Å². The van der Waals surface area contributed by atoms with E-state index in [4.69, 9.17) is 25.8 Å². The second-order valence-corrected chi connectivity index (χ2v) is 9.86. The van der Waals surface area contributed by atoms with Crippen molar-refractivity contribution < 1.29 is 28.7 Å². The lowest BCUT2D eigenvalue weighted by molar-refractivity contribution is -0.384. The summed E-state index contributed by atoms with van der Waals surface area (Å²) in [5, 5.41) is 14.5. The molecule has 3 aromatic rings. The van der Waals surface area contributed by atoms with Gasteiger partial charge in [0.1, 0.15) is 6.61 Å². The third-order valence-electron chi connectivity index (χ3n) is 6.94. The maximum absolute atomic E-state index is 13.7. The minimum atomic E-state index is -0.773. The fourth-order valence-electron chi connectivity index (χ4n) is 5.17. The Labute approximate surface area is 241 Å². The van der Waals surface area contributed by atoms with Gasteiger partial charge in [-0.2, -0.15) is 0 Å². The average Bonchev–Trinajstić information content (AvgIpc) is 3.23. The number of rotatable bonds is 9. The summed E-state index contributed by atoms with van der Waals surface area (Å²) in [6, 6.07) is 16.7. The van der Waals surface area contributed by atoms with Crippen LogP contribution in [0.1, 0.15) is 53.7 Å². The van der Waals surface area contributed by atoms with Crippen molar-refractivity contribution in [1.82, 2.24) is 5.32 Å². The van der Waals surface area contributed by atoms with Crippen molar-refractivity contribution in [3.8, 4) is 11.5 Å². The molecule has 0 saturated carbocycles. The first-order valence-corrected chi connectivity index (χ1v) is 13.5. The van der Waals surface area contributed by atoms with Gasteiger partial charge in [0.25, 0.3) is 5.69 Å². The van der Waals surface area contributed by atoms with Gasteiger partial charge in [0, 0.05) is 40.4 Å². The maximum atomic E-state index is 13.7. The maximum Gasteiger partial charge on any atom is 0.336 e. The number of halogens is 1. The van der Waals surface area contributed by atoms with E-state index in [0.717, 1.165) is 5.56 Å². The van der Waals surface area contributed by atoms with Gasteiger partial charge in [-0.15, -0.1) is 0 Å². The van der Waals surface area contributed by atoms with Gasteiger partial charge in [0.2, 0.25) is 0 Å². The van der Waals surface area contributed by atoms with E-state index in [1.54, 1.807) is 50.2 Å². The number of Topliss-reactive ketones (excluding diaryl/α,β-unsaturated/α-hetero) is 1. The zero-order valence-corrected chi connectivity index (χ0v) is 23.4. The normalized spacial score (nSPS) is 15.7. The molecule has 1 aliphatic heterocycles. The van der Waals surface area contributed by atoms with Crippen LogP contribution in [-0.2, 0) is 16.1 Å². The number of nitrogens with zero attached hydrogens (tertiary/aromatic N) is 1. The summed E-state index contributed by atoms with van der Waals surface area (Å²) in [6.45, 7) is 5.88. The van der Waals surface area contributed by atoms with Gasteiger partial charge in [-0.05, 0) is 56.2 Å². The predicted molar refractivity (Wildman–Crippen MR) is 153 cm³/mol. The number of allylic oxidation sites excluding steroid dienone is 2. The summed E-state index contributed by atoms with van der Waals surface area (Å²) >= 11 is 6.77. The minimum absolute atomic E-state index is 0.0221. The molecule has 0 aromatic heterocycles. The Morgan fingerprint density at radius 3 is 2.39 bits per heavy atom. The molecule has 0 fully saturated rings. The van der Waals surface area contributed by atoms with E-state index in [0.29, 0.717) is 51.6 Å². The van der Waals surface area contributed by atoms with Crippen molar-refractivity contribution in [2.45, 2.75) is 33.3 Å². The number of nitro benzene ring substituents is 1. The fourth-order valence-corrected chi connectivity index (χ4v) is 5.44. The second kappa shape index (κ2) is 11.5. The van der Waals surface area contributed by atoms with E-state index in [1.807, 2.05) is 19.1 Å². The lowest BCUT2D eigenvalue weighted by atomic mass is 9.79. The number of hydrogen-bond donors (Lipinski definition) is 1. The number of carbonyl (C=O) groups is 2. The standard InChI is InChI=1S/C31H27ClN2O7/c1-4-39-24-15-19(14-23(32)30(24)41-16-18-10-12-20(13-11-18)34(37)38)26-25(31(36)40-5-2)17(3)33-28-21-8-6-7-9-22(21)29(35)27(26)28/h6-15,26,33H,4-5,16H2,1-3H3/t26-/m0/s1. The molecule has 0 saturated heterocycles. The molecule has 3 aromatic carbocycles. The molecule has 0 unspecified atom stereocenters. The topological polar surface area (TPSA) is 117 Å². The highest BCUT2D eigenvalue weighted by molar-refractivity contribution is 6.32. The highest BCUT2D eigenvalue weighted by Crippen LogP contribution is 2.49. The molecule has 9 nitrogen and oxygen atoms in total. The number of esters is 1. The number of benzene rings is 3. The molecule has 10 heteroatoms. The summed E-state index contributed by atoms with van der Waals surface area (Å²) in [5.74, 6) is -0.884. The van der Waals surface area contributed by atoms with E-state index in [1.165, 1.54) is 12.1 Å². The van der Waals surface area contributed by atoms with Crippen LogP contribution in [0.3, 0.4) is 0 Å². The number of nitro groups is 1. The molecule has 1 heterocycles. The Bertz CT molecular complexity index is 1630. The molecule has 0 spiro atoms. The molecule has 1 N–H and O–H groups in total. The molecule has 5 rings (SSSR count). The monoisotopic (exact) mass is 574 g/mol. The smallest absolute Gasteiger partial charge is 0.336 e. The summed E-state index contributed by atoms with van der Waals surface area (Å²) in [6.07, 6.45) is 0. The van der Waals surface area contributed by atoms with Crippen LogP contribution in [0.4, 0.5) is 5.69 Å². The van der Waals surface area contributed by atoms with E-state index in [-0.39, 0.29) is 35.5 Å². The van der Waals surface area contributed by atoms with Crippen LogP contribution in [0.15, 0.2) is 77.5 Å². The van der Waals surface area contributed by atoms with Crippen LogP contribution in [-0.4, -0.2) is 29.9 Å². The highest BCUT2D eigenvalue weighted by atomic mass is 35.5. The van der Waals surface area contributed by atoms with Gasteiger partial charge in [-0.3, -0.25) is 14.9 Å². The number of ether oxygens (including phenoxy) is 3. The van der Waals surface area contributed by atoms with Crippen LogP contribution < -0.4 is 14.8 Å². The molecule has 210 valence electrons. The first-order chi connectivity index (χ1) is 19.7. The van der Waals surface area contributed by atoms with Crippen LogP contribution in [0.25, 0.3) is 5.70 Å². The van der Waals surface area contributed by atoms with Gasteiger partial charge < -0.3 is 19.5 Å². The zero-order chi connectivity index (χ0) is 29.3. The van der Waals surface area contributed by atoms with Crippen molar-refractivity contribution in [2.75, 3.05) is 13.2 Å². The molecule has 1 atom stereocenters. The molecule has 41 heavy (non-hydrogen) atoms. The van der Waals surface area contributed by atoms with Crippen molar-refractivity contribution in [1.29, 1.82) is 0 Å². The van der Waals surface area contributed by atoms with Crippen LogP contribution >= 0.6 is 11.6 Å². The number of carbonyl (C=O) groups excluding carboxylic acids is 2. The first kappa shape index (κ1) is 27.9. The van der Waals surface area contributed by atoms with Crippen LogP contribution in [0.5, 0.6) is 11.5 Å². The summed E-state index contributed by atoms with van der Waals surface area (Å²) in [4.78, 5) is 37.5. The van der Waals surface area contributed by atoms with Crippen LogP contribution in [0.2, 0.25) is 5.02 Å². The Morgan fingerprint density at radius 1 is 1.02 bits per heavy atom. The lowest BCUT2D eigenvalue weighted by Gasteiger charge is -2.30. The number of nitrogens with one attached hydrogen (secondary N) is 1.